The first-order valence-electron chi connectivity index (χ1n) is 5.04. The van der Waals surface area contributed by atoms with Crippen LogP contribution in [0, 0.1) is 0 Å². The van der Waals surface area contributed by atoms with E-state index in [1.807, 2.05) is 0 Å². The standard InChI is InChI=1S/C11H11BrF3NO2/c1-7(8-4-2-3-5-9(8)12)16-10(17)18-6-11(13,14)15/h2-5,7H,6H2,1H3,(H,16,17). The molecule has 1 aromatic rings. The lowest BCUT2D eigenvalue weighted by Crippen LogP contribution is -2.31. The van der Waals surface area contributed by atoms with Gasteiger partial charge in [-0.25, -0.2) is 4.79 Å². The van der Waals surface area contributed by atoms with Gasteiger partial charge in [-0.3, -0.25) is 0 Å². The van der Waals surface area contributed by atoms with Gasteiger partial charge in [0.1, 0.15) is 0 Å². The summed E-state index contributed by atoms with van der Waals surface area (Å²) in [5, 5.41) is 2.32. The normalized spacial score (nSPS) is 12.9. The highest BCUT2D eigenvalue weighted by molar-refractivity contribution is 9.10. The van der Waals surface area contributed by atoms with Crippen LogP contribution in [0.3, 0.4) is 0 Å². The van der Waals surface area contributed by atoms with Crippen LogP contribution in [0.1, 0.15) is 18.5 Å². The molecule has 0 aliphatic heterocycles. The van der Waals surface area contributed by atoms with Crippen molar-refractivity contribution in [3.8, 4) is 0 Å². The minimum Gasteiger partial charge on any atom is -0.440 e. The topological polar surface area (TPSA) is 38.3 Å². The van der Waals surface area contributed by atoms with Crippen molar-refractivity contribution in [2.75, 3.05) is 6.61 Å². The second kappa shape index (κ2) is 6.08. The van der Waals surface area contributed by atoms with Crippen LogP contribution in [0.4, 0.5) is 18.0 Å². The fourth-order valence-corrected chi connectivity index (χ4v) is 1.90. The van der Waals surface area contributed by atoms with Gasteiger partial charge in [0, 0.05) is 4.47 Å². The van der Waals surface area contributed by atoms with Crippen LogP contribution in [0.2, 0.25) is 0 Å². The molecule has 0 saturated heterocycles. The maximum atomic E-state index is 11.8. The number of benzene rings is 1. The molecular weight excluding hydrogens is 315 g/mol. The number of carbonyl (C=O) groups is 1. The third-order valence-corrected chi connectivity index (χ3v) is 2.80. The molecule has 0 saturated carbocycles. The minimum atomic E-state index is -4.52. The molecule has 0 spiro atoms. The molecule has 1 rings (SSSR count). The van der Waals surface area contributed by atoms with Crippen molar-refractivity contribution in [1.82, 2.24) is 5.32 Å². The Morgan fingerprint density at radius 1 is 1.44 bits per heavy atom. The van der Waals surface area contributed by atoms with Crippen molar-refractivity contribution in [1.29, 1.82) is 0 Å². The zero-order chi connectivity index (χ0) is 13.8. The highest BCUT2D eigenvalue weighted by atomic mass is 79.9. The number of amides is 1. The molecule has 0 aliphatic rings. The summed E-state index contributed by atoms with van der Waals surface area (Å²) in [5.41, 5.74) is 0.751. The molecular formula is C11H11BrF3NO2. The van der Waals surface area contributed by atoms with Gasteiger partial charge in [0.25, 0.3) is 0 Å². The highest BCUT2D eigenvalue weighted by Gasteiger charge is 2.29. The van der Waals surface area contributed by atoms with Gasteiger partial charge in [-0.1, -0.05) is 34.1 Å². The molecule has 0 radical (unpaired) electrons. The number of carbonyl (C=O) groups excluding carboxylic acids is 1. The van der Waals surface area contributed by atoms with E-state index in [1.54, 1.807) is 31.2 Å². The van der Waals surface area contributed by atoms with Crippen LogP contribution >= 0.6 is 15.9 Å². The summed E-state index contributed by atoms with van der Waals surface area (Å²) in [6.07, 6.45) is -5.62. The van der Waals surface area contributed by atoms with Crippen molar-refractivity contribution in [2.45, 2.75) is 19.1 Å². The number of halogens is 4. The molecule has 3 nitrogen and oxygen atoms in total. The number of nitrogens with one attached hydrogen (secondary N) is 1. The number of alkyl carbamates (subject to hydrolysis) is 1. The molecule has 1 unspecified atom stereocenters. The Morgan fingerprint density at radius 2 is 2.06 bits per heavy atom. The molecule has 0 heterocycles. The van der Waals surface area contributed by atoms with Crippen molar-refractivity contribution >= 4 is 22.0 Å². The largest absolute Gasteiger partial charge is 0.440 e. The summed E-state index contributed by atoms with van der Waals surface area (Å²) in [7, 11) is 0. The smallest absolute Gasteiger partial charge is 0.422 e. The van der Waals surface area contributed by atoms with E-state index in [-0.39, 0.29) is 0 Å². The van der Waals surface area contributed by atoms with E-state index < -0.39 is 24.9 Å². The first-order valence-corrected chi connectivity index (χ1v) is 5.83. The van der Waals surface area contributed by atoms with Gasteiger partial charge < -0.3 is 10.1 Å². The van der Waals surface area contributed by atoms with Gasteiger partial charge in [0.2, 0.25) is 0 Å². The Morgan fingerprint density at radius 3 is 2.61 bits per heavy atom. The maximum Gasteiger partial charge on any atom is 0.422 e. The zero-order valence-corrected chi connectivity index (χ0v) is 11.0. The molecule has 1 atom stereocenters. The van der Waals surface area contributed by atoms with E-state index in [0.29, 0.717) is 0 Å². The number of hydrogen-bond donors (Lipinski definition) is 1. The SMILES string of the molecule is CC(NC(=O)OCC(F)(F)F)c1ccccc1Br. The first kappa shape index (κ1) is 14.8. The Labute approximate surface area is 110 Å². The Hall–Kier alpha value is -1.24. The van der Waals surface area contributed by atoms with E-state index in [9.17, 15) is 18.0 Å². The number of rotatable bonds is 3. The highest BCUT2D eigenvalue weighted by Crippen LogP contribution is 2.22. The number of hydrogen-bond acceptors (Lipinski definition) is 2. The lowest BCUT2D eigenvalue weighted by atomic mass is 10.1. The van der Waals surface area contributed by atoms with Crippen molar-refractivity contribution in [3.63, 3.8) is 0 Å². The summed E-state index contributed by atoms with van der Waals surface area (Å²) >= 11 is 3.29. The van der Waals surface area contributed by atoms with Gasteiger partial charge in [-0.05, 0) is 18.6 Å². The van der Waals surface area contributed by atoms with Crippen LogP contribution in [-0.2, 0) is 4.74 Å². The van der Waals surface area contributed by atoms with Gasteiger partial charge in [0.15, 0.2) is 6.61 Å². The first-order chi connectivity index (χ1) is 8.29. The lowest BCUT2D eigenvalue weighted by Gasteiger charge is -2.16. The average Bonchev–Trinajstić information content (AvgIpc) is 2.26. The van der Waals surface area contributed by atoms with E-state index in [4.69, 9.17) is 0 Å². The molecule has 0 bridgehead atoms. The predicted molar refractivity (Wildman–Crippen MR) is 63.1 cm³/mol. The Bertz CT molecular complexity index is 423. The summed E-state index contributed by atoms with van der Waals surface area (Å²) in [4.78, 5) is 11.1. The molecule has 0 fully saturated rings. The van der Waals surface area contributed by atoms with Crippen LogP contribution in [-0.4, -0.2) is 18.9 Å². The summed E-state index contributed by atoms with van der Waals surface area (Å²) in [6.45, 7) is 0.0520. The van der Waals surface area contributed by atoms with E-state index in [0.717, 1.165) is 10.0 Å². The molecule has 1 aromatic carbocycles. The van der Waals surface area contributed by atoms with Crippen molar-refractivity contribution < 1.29 is 22.7 Å². The third kappa shape index (κ3) is 4.95. The monoisotopic (exact) mass is 325 g/mol. The van der Waals surface area contributed by atoms with Gasteiger partial charge >= 0.3 is 12.3 Å². The molecule has 18 heavy (non-hydrogen) atoms. The van der Waals surface area contributed by atoms with E-state index in [2.05, 4.69) is 26.0 Å². The second-order valence-electron chi connectivity index (χ2n) is 3.58. The predicted octanol–water partition coefficient (Wildman–Crippen LogP) is 3.80. The Balaban J connectivity index is 2.53. The van der Waals surface area contributed by atoms with Crippen LogP contribution in [0.15, 0.2) is 28.7 Å². The molecule has 7 heteroatoms. The zero-order valence-electron chi connectivity index (χ0n) is 9.42. The summed E-state index contributed by atoms with van der Waals surface area (Å²) in [6, 6.07) is 6.62. The Kier molecular flexibility index (Phi) is 5.01. The lowest BCUT2D eigenvalue weighted by molar-refractivity contribution is -0.160. The molecule has 100 valence electrons. The molecule has 0 aliphatic carbocycles. The van der Waals surface area contributed by atoms with Crippen molar-refractivity contribution in [3.05, 3.63) is 34.3 Å². The van der Waals surface area contributed by atoms with E-state index in [1.165, 1.54) is 0 Å². The fourth-order valence-electron chi connectivity index (χ4n) is 1.27. The summed E-state index contributed by atoms with van der Waals surface area (Å²) < 4.78 is 40.3. The van der Waals surface area contributed by atoms with E-state index >= 15 is 0 Å². The quantitative estimate of drug-likeness (QED) is 0.918. The maximum absolute atomic E-state index is 11.8. The van der Waals surface area contributed by atoms with Crippen LogP contribution in [0.25, 0.3) is 0 Å². The van der Waals surface area contributed by atoms with Crippen LogP contribution < -0.4 is 5.32 Å². The van der Waals surface area contributed by atoms with Crippen molar-refractivity contribution in [2.24, 2.45) is 0 Å². The van der Waals surface area contributed by atoms with Gasteiger partial charge in [-0.2, -0.15) is 13.2 Å². The van der Waals surface area contributed by atoms with Crippen LogP contribution in [0.5, 0.6) is 0 Å². The van der Waals surface area contributed by atoms with Gasteiger partial charge in [-0.15, -0.1) is 0 Å². The number of ether oxygens (including phenoxy) is 1. The fraction of sp³-hybridized carbons (Fsp3) is 0.364. The second-order valence-corrected chi connectivity index (χ2v) is 4.43. The summed E-state index contributed by atoms with van der Waals surface area (Å²) in [5.74, 6) is 0. The number of alkyl halides is 3. The molecule has 1 N–H and O–H groups in total. The third-order valence-electron chi connectivity index (χ3n) is 2.07. The molecule has 0 aromatic heterocycles. The average molecular weight is 326 g/mol. The minimum absolute atomic E-state index is 0.457. The molecule has 1 amide bonds. The van der Waals surface area contributed by atoms with Gasteiger partial charge in [0.05, 0.1) is 6.04 Å².